The van der Waals surface area contributed by atoms with Gasteiger partial charge in [-0.05, 0) is 42.9 Å². The van der Waals surface area contributed by atoms with Gasteiger partial charge >= 0.3 is 6.09 Å². The first kappa shape index (κ1) is 22.7. The van der Waals surface area contributed by atoms with Gasteiger partial charge in [-0.25, -0.2) is 14.2 Å². The van der Waals surface area contributed by atoms with Crippen LogP contribution in [0.4, 0.5) is 15.0 Å². The predicted octanol–water partition coefficient (Wildman–Crippen LogP) is 3.29. The molecule has 31 heavy (non-hydrogen) atoms. The Bertz CT molecular complexity index is 857. The van der Waals surface area contributed by atoms with Crippen LogP contribution in [0.1, 0.15) is 38.7 Å². The molecule has 1 saturated heterocycles. The summed E-state index contributed by atoms with van der Waals surface area (Å²) in [6, 6.07) is 5.60. The minimum Gasteiger partial charge on any atom is -0.470 e. The van der Waals surface area contributed by atoms with Gasteiger partial charge in [0.05, 0.1) is 18.8 Å². The molecule has 1 aromatic heterocycles. The number of aliphatic hydroxyl groups is 1. The number of hydrogen-bond donors (Lipinski definition) is 2. The highest BCUT2D eigenvalue weighted by Gasteiger charge is 2.22. The van der Waals surface area contributed by atoms with E-state index < -0.39 is 12.1 Å². The SMILES string of the molecule is CC(C)C[C@@H](CO)NC(=O)Oc1cnc(N2CCCC2)c(OCc2ccc(F)cc2)n1. The number of nitrogens with one attached hydrogen (secondary N) is 1. The van der Waals surface area contributed by atoms with E-state index in [1.54, 1.807) is 12.1 Å². The Morgan fingerprint density at radius 1 is 1.26 bits per heavy atom. The molecule has 9 heteroatoms. The molecule has 3 rings (SSSR count). The number of ether oxygens (including phenoxy) is 2. The summed E-state index contributed by atoms with van der Waals surface area (Å²) in [5.74, 6) is 0.818. The Morgan fingerprint density at radius 2 is 1.97 bits per heavy atom. The lowest BCUT2D eigenvalue weighted by Crippen LogP contribution is -2.40. The third-order valence-corrected chi connectivity index (χ3v) is 4.89. The van der Waals surface area contributed by atoms with Gasteiger partial charge in [0.1, 0.15) is 12.4 Å². The second-order valence-corrected chi connectivity index (χ2v) is 7.99. The largest absolute Gasteiger partial charge is 0.470 e. The molecule has 0 unspecified atom stereocenters. The normalized spacial score (nSPS) is 14.5. The van der Waals surface area contributed by atoms with E-state index in [1.807, 2.05) is 13.8 Å². The number of amides is 1. The fourth-order valence-corrected chi connectivity index (χ4v) is 3.41. The Hall–Kier alpha value is -2.94. The summed E-state index contributed by atoms with van der Waals surface area (Å²) in [7, 11) is 0. The van der Waals surface area contributed by atoms with Crippen molar-refractivity contribution in [3.05, 3.63) is 41.8 Å². The molecule has 2 heterocycles. The van der Waals surface area contributed by atoms with Crippen molar-refractivity contribution in [2.75, 3.05) is 24.6 Å². The van der Waals surface area contributed by atoms with Crippen molar-refractivity contribution in [1.29, 1.82) is 0 Å². The number of aromatic nitrogens is 2. The number of halogens is 1. The van der Waals surface area contributed by atoms with E-state index in [0.29, 0.717) is 18.2 Å². The first-order valence-corrected chi connectivity index (χ1v) is 10.5. The van der Waals surface area contributed by atoms with Gasteiger partial charge in [0.2, 0.25) is 5.88 Å². The molecule has 2 aromatic rings. The summed E-state index contributed by atoms with van der Waals surface area (Å²) in [5, 5.41) is 12.1. The number of nitrogens with zero attached hydrogens (tertiary/aromatic N) is 3. The first-order valence-electron chi connectivity index (χ1n) is 10.5. The van der Waals surface area contributed by atoms with Crippen LogP contribution in [-0.2, 0) is 6.61 Å². The fourth-order valence-electron chi connectivity index (χ4n) is 3.41. The Kier molecular flexibility index (Phi) is 8.00. The molecule has 1 aliphatic rings. The van der Waals surface area contributed by atoms with Crippen molar-refractivity contribution in [2.24, 2.45) is 5.92 Å². The molecule has 1 amide bonds. The first-order chi connectivity index (χ1) is 14.9. The molecular formula is C22H29FN4O4. The van der Waals surface area contributed by atoms with Crippen molar-refractivity contribution < 1.29 is 23.8 Å². The number of aliphatic hydroxyl groups excluding tert-OH is 1. The minimum atomic E-state index is -0.715. The summed E-state index contributed by atoms with van der Waals surface area (Å²) >= 11 is 0. The highest BCUT2D eigenvalue weighted by atomic mass is 19.1. The number of hydrogen-bond acceptors (Lipinski definition) is 7. The molecule has 1 fully saturated rings. The van der Waals surface area contributed by atoms with Gasteiger partial charge in [-0.15, -0.1) is 0 Å². The smallest absolute Gasteiger partial charge is 0.414 e. The van der Waals surface area contributed by atoms with E-state index in [4.69, 9.17) is 9.47 Å². The van der Waals surface area contributed by atoms with Crippen molar-refractivity contribution in [3.63, 3.8) is 0 Å². The average Bonchev–Trinajstić information content (AvgIpc) is 3.27. The van der Waals surface area contributed by atoms with E-state index in [9.17, 15) is 14.3 Å². The molecule has 0 radical (unpaired) electrons. The maximum absolute atomic E-state index is 13.1. The molecule has 168 valence electrons. The van der Waals surface area contributed by atoms with E-state index in [-0.39, 0.29) is 30.8 Å². The molecule has 2 N–H and O–H groups in total. The van der Waals surface area contributed by atoms with Crippen LogP contribution in [-0.4, -0.2) is 46.9 Å². The quantitative estimate of drug-likeness (QED) is 0.628. The summed E-state index contributed by atoms with van der Waals surface area (Å²) in [5.41, 5.74) is 0.777. The Balaban J connectivity index is 1.71. The van der Waals surface area contributed by atoms with Crippen LogP contribution >= 0.6 is 0 Å². The van der Waals surface area contributed by atoms with Crippen molar-refractivity contribution in [1.82, 2.24) is 15.3 Å². The Labute approximate surface area is 181 Å². The highest BCUT2D eigenvalue weighted by Crippen LogP contribution is 2.29. The van der Waals surface area contributed by atoms with E-state index in [2.05, 4.69) is 20.2 Å². The molecule has 1 aliphatic heterocycles. The lowest BCUT2D eigenvalue weighted by molar-refractivity contribution is 0.175. The third kappa shape index (κ3) is 6.78. The van der Waals surface area contributed by atoms with Crippen LogP contribution in [0, 0.1) is 11.7 Å². The predicted molar refractivity (Wildman–Crippen MR) is 114 cm³/mol. The standard InChI is InChI=1S/C22H29FN4O4/c1-15(2)11-18(13-28)25-22(29)31-19-12-24-20(27-9-3-4-10-27)21(26-19)30-14-16-5-7-17(23)8-6-16/h5-8,12,15,18,28H,3-4,9-11,13-14H2,1-2H3,(H,25,29)/t18-/m0/s1. The van der Waals surface area contributed by atoms with Crippen LogP contribution in [0.15, 0.2) is 30.5 Å². The number of rotatable bonds is 9. The highest BCUT2D eigenvalue weighted by molar-refractivity contribution is 5.70. The lowest BCUT2D eigenvalue weighted by atomic mass is 10.0. The zero-order valence-corrected chi connectivity index (χ0v) is 17.9. The van der Waals surface area contributed by atoms with Crippen LogP contribution in [0.2, 0.25) is 0 Å². The summed E-state index contributed by atoms with van der Waals surface area (Å²) in [6.45, 7) is 5.68. The maximum Gasteiger partial charge on any atom is 0.414 e. The molecule has 0 spiro atoms. The number of carbonyl (C=O) groups excluding carboxylic acids is 1. The van der Waals surface area contributed by atoms with Gasteiger partial charge in [-0.1, -0.05) is 26.0 Å². The van der Waals surface area contributed by atoms with Gasteiger partial charge in [0.25, 0.3) is 5.88 Å². The fraction of sp³-hybridized carbons (Fsp3) is 0.500. The van der Waals surface area contributed by atoms with Crippen molar-refractivity contribution in [3.8, 4) is 11.8 Å². The summed E-state index contributed by atoms with van der Waals surface area (Å²) in [6.07, 6.45) is 3.40. The zero-order valence-electron chi connectivity index (χ0n) is 17.9. The van der Waals surface area contributed by atoms with Gasteiger partial charge in [0.15, 0.2) is 5.82 Å². The summed E-state index contributed by atoms with van der Waals surface area (Å²) in [4.78, 5) is 23.0. The summed E-state index contributed by atoms with van der Waals surface area (Å²) < 4.78 is 24.3. The topological polar surface area (TPSA) is 96.8 Å². The van der Waals surface area contributed by atoms with Crippen LogP contribution in [0.3, 0.4) is 0 Å². The van der Waals surface area contributed by atoms with Gasteiger partial charge in [-0.3, -0.25) is 0 Å². The molecule has 0 aliphatic carbocycles. The number of benzene rings is 1. The van der Waals surface area contributed by atoms with Gasteiger partial charge < -0.3 is 24.8 Å². The minimum absolute atomic E-state index is 0.00390. The molecular weight excluding hydrogens is 403 g/mol. The van der Waals surface area contributed by atoms with E-state index in [0.717, 1.165) is 31.5 Å². The van der Waals surface area contributed by atoms with Crippen molar-refractivity contribution >= 4 is 11.9 Å². The monoisotopic (exact) mass is 432 g/mol. The third-order valence-electron chi connectivity index (χ3n) is 4.89. The zero-order chi connectivity index (χ0) is 22.2. The van der Waals surface area contributed by atoms with Gasteiger partial charge in [0, 0.05) is 13.1 Å². The Morgan fingerprint density at radius 3 is 2.61 bits per heavy atom. The number of anilines is 1. The van der Waals surface area contributed by atoms with E-state index in [1.165, 1.54) is 18.3 Å². The van der Waals surface area contributed by atoms with Crippen LogP contribution < -0.4 is 19.7 Å². The van der Waals surface area contributed by atoms with Crippen LogP contribution in [0.5, 0.6) is 11.8 Å². The molecule has 0 bridgehead atoms. The molecule has 8 nitrogen and oxygen atoms in total. The van der Waals surface area contributed by atoms with Crippen molar-refractivity contribution in [2.45, 2.75) is 45.8 Å². The van der Waals surface area contributed by atoms with Gasteiger partial charge in [-0.2, -0.15) is 4.98 Å². The average molecular weight is 432 g/mol. The molecule has 1 atom stereocenters. The van der Waals surface area contributed by atoms with E-state index >= 15 is 0 Å². The van der Waals surface area contributed by atoms with Crippen LogP contribution in [0.25, 0.3) is 0 Å². The molecule has 0 saturated carbocycles. The second kappa shape index (κ2) is 10.9. The molecule has 1 aromatic carbocycles. The second-order valence-electron chi connectivity index (χ2n) is 7.99. The number of carbonyl (C=O) groups is 1. The maximum atomic E-state index is 13.1. The lowest BCUT2D eigenvalue weighted by Gasteiger charge is -2.20.